The number of rotatable bonds is 12. The monoisotopic (exact) mass is 1060 g/mol. The zero-order valence-electron chi connectivity index (χ0n) is 43.4. The molecule has 12 rings (SSSR count). The molecule has 0 N–H and O–H groups in total. The van der Waals surface area contributed by atoms with Gasteiger partial charge in [-0.2, -0.15) is 0 Å². The maximum Gasteiger partial charge on any atom is 0 e. The summed E-state index contributed by atoms with van der Waals surface area (Å²) in [4.78, 5) is 0. The molecule has 0 aliphatic carbocycles. The molecule has 0 fully saturated rings. The van der Waals surface area contributed by atoms with E-state index in [-0.39, 0.29) is 18.9 Å². The molecule has 1 radical (unpaired) electrons. The van der Waals surface area contributed by atoms with Crippen molar-refractivity contribution >= 4 is 114 Å². The standard InChI is InChI=1S/4C18H15P.Li/c4*1-4-10-16(11-5-1)19(17-12-6-2-7-13-17)18-14-8-3-9-15-18;/h4*1-15H;. The van der Waals surface area contributed by atoms with Crippen molar-refractivity contribution in [3.05, 3.63) is 364 Å². The van der Waals surface area contributed by atoms with E-state index in [9.17, 15) is 0 Å². The molecule has 0 saturated heterocycles. The summed E-state index contributed by atoms with van der Waals surface area (Å²) in [6.07, 6.45) is 0. The van der Waals surface area contributed by atoms with Crippen LogP contribution in [0.15, 0.2) is 364 Å². The van der Waals surface area contributed by atoms with Crippen LogP contribution < -0.4 is 63.7 Å². The van der Waals surface area contributed by atoms with Gasteiger partial charge in [-0.15, -0.1) is 0 Å². The molecule has 0 aromatic heterocycles. The molecule has 0 amide bonds. The largest absolute Gasteiger partial charge is 0.0622 e. The summed E-state index contributed by atoms with van der Waals surface area (Å²) in [7, 11) is -1.78. The molecule has 77 heavy (non-hydrogen) atoms. The first-order valence-electron chi connectivity index (χ1n) is 25.6. The van der Waals surface area contributed by atoms with Crippen LogP contribution in [-0.2, 0) is 0 Å². The van der Waals surface area contributed by atoms with Crippen LogP contribution in [0.25, 0.3) is 0 Å². The van der Waals surface area contributed by atoms with Crippen molar-refractivity contribution in [3.8, 4) is 0 Å². The van der Waals surface area contributed by atoms with Crippen molar-refractivity contribution in [3.63, 3.8) is 0 Å². The van der Waals surface area contributed by atoms with E-state index in [4.69, 9.17) is 0 Å². The van der Waals surface area contributed by atoms with Crippen molar-refractivity contribution in [1.29, 1.82) is 0 Å². The van der Waals surface area contributed by atoms with Gasteiger partial charge in [-0.25, -0.2) is 0 Å². The Kier molecular flexibility index (Phi) is 22.8. The Morgan fingerprint density at radius 2 is 0.169 bits per heavy atom. The molecule has 0 spiro atoms. The Labute approximate surface area is 474 Å². The first-order chi connectivity index (χ1) is 37.8. The summed E-state index contributed by atoms with van der Waals surface area (Å²) >= 11 is 0. The minimum Gasteiger partial charge on any atom is -0.0622 e. The zero-order chi connectivity index (χ0) is 51.7. The first-order valence-corrected chi connectivity index (χ1v) is 31.0. The van der Waals surface area contributed by atoms with Gasteiger partial charge in [0.15, 0.2) is 0 Å². The molecule has 5 heteroatoms. The first kappa shape index (κ1) is 56.2. The normalized spacial score (nSPS) is 10.4. The predicted octanol–water partition coefficient (Wildman–Crippen LogP) is 13.4. The quantitative estimate of drug-likeness (QED) is 0.0845. The molecule has 0 heterocycles. The Bertz CT molecular complexity index is 2580. The maximum atomic E-state index is 2.23. The summed E-state index contributed by atoms with van der Waals surface area (Å²) in [6, 6.07) is 129. The summed E-state index contributed by atoms with van der Waals surface area (Å²) in [5.74, 6) is 0. The topological polar surface area (TPSA) is 0 Å². The number of hydrogen-bond donors (Lipinski definition) is 0. The fraction of sp³-hybridized carbons (Fsp3) is 0. The molecule has 0 unspecified atom stereocenters. The zero-order valence-corrected chi connectivity index (χ0v) is 47.0. The van der Waals surface area contributed by atoms with Crippen molar-refractivity contribution in [2.24, 2.45) is 0 Å². The van der Waals surface area contributed by atoms with Crippen LogP contribution in [0, 0.1) is 0 Å². The fourth-order valence-electron chi connectivity index (χ4n) is 8.71. The Hall–Kier alpha value is -7.04. The van der Waals surface area contributed by atoms with E-state index in [0.29, 0.717) is 0 Å². The minimum absolute atomic E-state index is 0. The van der Waals surface area contributed by atoms with Gasteiger partial charge in [0, 0.05) is 18.9 Å². The molecule has 0 bridgehead atoms. The second-order valence-corrected chi connectivity index (χ2v) is 26.2. The molecule has 0 saturated carbocycles. The smallest absolute Gasteiger partial charge is 0 e. The molecule has 0 atom stereocenters. The number of benzene rings is 12. The van der Waals surface area contributed by atoms with Gasteiger partial charge in [0.1, 0.15) is 0 Å². The third-order valence-electron chi connectivity index (χ3n) is 12.2. The summed E-state index contributed by atoms with van der Waals surface area (Å²) in [6.45, 7) is 0. The van der Waals surface area contributed by atoms with Gasteiger partial charge >= 0.3 is 0 Å². The molecular formula is C72H60LiP4. The van der Waals surface area contributed by atoms with E-state index in [0.717, 1.165) is 0 Å². The second kappa shape index (κ2) is 31.2. The van der Waals surface area contributed by atoms with Crippen LogP contribution in [0.3, 0.4) is 0 Å². The number of hydrogen-bond acceptors (Lipinski definition) is 0. The fourth-order valence-corrected chi connectivity index (χ4v) is 17.9. The van der Waals surface area contributed by atoms with E-state index in [1.54, 1.807) is 0 Å². The van der Waals surface area contributed by atoms with Gasteiger partial charge < -0.3 is 0 Å². The van der Waals surface area contributed by atoms with Crippen molar-refractivity contribution in [2.45, 2.75) is 0 Å². The molecule has 12 aromatic carbocycles. The van der Waals surface area contributed by atoms with Crippen LogP contribution in [0.2, 0.25) is 0 Å². The molecule has 0 aliphatic heterocycles. The third kappa shape index (κ3) is 16.5. The van der Waals surface area contributed by atoms with Crippen molar-refractivity contribution in [1.82, 2.24) is 0 Å². The van der Waals surface area contributed by atoms with E-state index in [1.165, 1.54) is 63.7 Å². The van der Waals surface area contributed by atoms with E-state index >= 15 is 0 Å². The summed E-state index contributed by atoms with van der Waals surface area (Å²) in [5, 5.41) is 16.8. The van der Waals surface area contributed by atoms with Crippen LogP contribution in [0.5, 0.6) is 0 Å². The molecule has 0 nitrogen and oxygen atoms in total. The van der Waals surface area contributed by atoms with Crippen LogP contribution in [-0.4, -0.2) is 18.9 Å². The van der Waals surface area contributed by atoms with Gasteiger partial charge in [0.2, 0.25) is 0 Å². The predicted molar refractivity (Wildman–Crippen MR) is 346 cm³/mol. The van der Waals surface area contributed by atoms with E-state index in [1.807, 2.05) is 0 Å². The summed E-state index contributed by atoms with van der Waals surface area (Å²) < 4.78 is 0. The molecule has 0 aliphatic rings. The average Bonchev–Trinajstić information content (AvgIpc) is 3.51. The third-order valence-corrected chi connectivity index (χ3v) is 21.9. The van der Waals surface area contributed by atoms with Gasteiger partial charge in [-0.1, -0.05) is 364 Å². The van der Waals surface area contributed by atoms with Crippen molar-refractivity contribution < 1.29 is 0 Å². The van der Waals surface area contributed by atoms with Crippen LogP contribution in [0.4, 0.5) is 0 Å². The van der Waals surface area contributed by atoms with E-state index < -0.39 is 31.7 Å². The maximum absolute atomic E-state index is 2.23. The minimum atomic E-state index is -0.446. The Morgan fingerprint density at radius 1 is 0.104 bits per heavy atom. The van der Waals surface area contributed by atoms with Crippen LogP contribution >= 0.6 is 31.7 Å². The van der Waals surface area contributed by atoms with Crippen LogP contribution in [0.1, 0.15) is 0 Å². The molecule has 12 aromatic rings. The molecule has 369 valence electrons. The van der Waals surface area contributed by atoms with Gasteiger partial charge in [-0.3, -0.25) is 0 Å². The van der Waals surface area contributed by atoms with Gasteiger partial charge in [0.25, 0.3) is 0 Å². The van der Waals surface area contributed by atoms with Crippen molar-refractivity contribution in [2.75, 3.05) is 0 Å². The SMILES string of the molecule is [Li].c1ccc(P(c2ccccc2)c2ccccc2)cc1.c1ccc(P(c2ccccc2)c2ccccc2)cc1.c1ccc(P(c2ccccc2)c2ccccc2)cc1.c1ccc(P(c2ccccc2)c2ccccc2)cc1. The Balaban J connectivity index is 0.000000135. The van der Waals surface area contributed by atoms with E-state index in [2.05, 4.69) is 364 Å². The van der Waals surface area contributed by atoms with Gasteiger partial charge in [-0.05, 0) is 95.3 Å². The average molecular weight is 1060 g/mol. The van der Waals surface area contributed by atoms with Gasteiger partial charge in [0.05, 0.1) is 0 Å². The summed E-state index contributed by atoms with van der Waals surface area (Å²) in [5.41, 5.74) is 0. The Morgan fingerprint density at radius 3 is 0.234 bits per heavy atom. The molecular weight excluding hydrogens is 996 g/mol. The second-order valence-electron chi connectivity index (χ2n) is 17.4.